The zero-order valence-electron chi connectivity index (χ0n) is 11.2. The zero-order chi connectivity index (χ0) is 13.4. The van der Waals surface area contributed by atoms with Crippen LogP contribution in [0.3, 0.4) is 0 Å². The van der Waals surface area contributed by atoms with Crippen molar-refractivity contribution in [3.63, 3.8) is 0 Å². The first-order valence-electron chi connectivity index (χ1n) is 6.08. The summed E-state index contributed by atoms with van der Waals surface area (Å²) in [4.78, 5) is 0. The number of rotatable bonds is 8. The molecule has 0 aliphatic carbocycles. The summed E-state index contributed by atoms with van der Waals surface area (Å²) in [7, 11) is 0. The maximum Gasteiger partial charge on any atom is 1.00 e. The van der Waals surface area contributed by atoms with Crippen molar-refractivity contribution in [1.82, 2.24) is 0 Å². The number of allylic oxidation sites excluding steroid dienone is 1. The van der Waals surface area contributed by atoms with Crippen LogP contribution < -0.4 is 61.6 Å². The fraction of sp³-hybridized carbons (Fsp3) is 0.385. The van der Waals surface area contributed by atoms with Crippen LogP contribution in [0.5, 0.6) is 5.75 Å². The summed E-state index contributed by atoms with van der Waals surface area (Å²) in [5.41, 5.74) is -0.649. The summed E-state index contributed by atoms with van der Waals surface area (Å²) >= 11 is 0. The van der Waals surface area contributed by atoms with Crippen molar-refractivity contribution >= 4 is 12.4 Å². The van der Waals surface area contributed by atoms with Crippen LogP contribution in [-0.2, 0) is 0 Å². The van der Waals surface area contributed by atoms with E-state index in [9.17, 15) is 12.9 Å². The van der Waals surface area contributed by atoms with Crippen molar-refractivity contribution < 1.29 is 69.1 Å². The average molecular weight is 296 g/mol. The first-order chi connectivity index (χ1) is 8.55. The number of unbranched alkanes of at least 4 members (excludes halogenated alkanes) is 3. The smallest absolute Gasteiger partial charge is 0.497 e. The largest absolute Gasteiger partial charge is 1.00 e. The monoisotopic (exact) mass is 296 g/mol. The van der Waals surface area contributed by atoms with Crippen LogP contribution in [0.1, 0.15) is 25.7 Å². The summed E-state index contributed by atoms with van der Waals surface area (Å²) in [5, 5.41) is 0. The van der Waals surface area contributed by atoms with Crippen LogP contribution in [0.4, 0.5) is 12.9 Å². The molecule has 1 aromatic rings. The quantitative estimate of drug-likeness (QED) is 0.393. The Morgan fingerprint density at radius 2 is 1.79 bits per heavy atom. The van der Waals surface area contributed by atoms with E-state index < -0.39 is 12.4 Å². The van der Waals surface area contributed by atoms with Crippen molar-refractivity contribution in [3.8, 4) is 5.75 Å². The zero-order valence-corrected chi connectivity index (χ0v) is 14.4. The Labute approximate surface area is 155 Å². The fourth-order valence-corrected chi connectivity index (χ4v) is 1.63. The molecule has 0 fully saturated rings. The van der Waals surface area contributed by atoms with E-state index in [2.05, 4.69) is 6.58 Å². The average Bonchev–Trinajstić information content (AvgIpc) is 2.33. The number of hydrogen-bond acceptors (Lipinski definition) is 1. The van der Waals surface area contributed by atoms with Gasteiger partial charge in [0.15, 0.2) is 0 Å². The topological polar surface area (TPSA) is 9.23 Å². The molecule has 0 saturated heterocycles. The summed E-state index contributed by atoms with van der Waals surface area (Å²) in [6.45, 7) is -1.08. The third-order valence-corrected chi connectivity index (χ3v) is 2.58. The Kier molecular flexibility index (Phi) is 10.2. The summed E-state index contributed by atoms with van der Waals surface area (Å²) in [6, 6.07) is 5.36. The molecule has 0 atom stereocenters. The Morgan fingerprint density at radius 3 is 2.42 bits per heavy atom. The minimum atomic E-state index is -5.01. The van der Waals surface area contributed by atoms with Crippen LogP contribution in [0.2, 0.25) is 0 Å². The van der Waals surface area contributed by atoms with E-state index in [0.29, 0.717) is 6.61 Å². The van der Waals surface area contributed by atoms with Gasteiger partial charge in [-0.2, -0.15) is 0 Å². The molecular weight excluding hydrogens is 279 g/mol. The van der Waals surface area contributed by atoms with Crippen molar-refractivity contribution in [2.75, 3.05) is 6.61 Å². The van der Waals surface area contributed by atoms with Gasteiger partial charge in [-0.15, -0.1) is 6.58 Å². The van der Waals surface area contributed by atoms with Gasteiger partial charge in [-0.25, -0.2) is 0 Å². The van der Waals surface area contributed by atoms with E-state index in [1.165, 1.54) is 12.1 Å². The van der Waals surface area contributed by atoms with E-state index in [4.69, 9.17) is 4.74 Å². The Hall–Kier alpha value is 0.251. The Morgan fingerprint density at radius 1 is 1.11 bits per heavy atom. The predicted octanol–water partition coefficient (Wildman–Crippen LogP) is 0.870. The van der Waals surface area contributed by atoms with Gasteiger partial charge >= 0.3 is 58.4 Å². The van der Waals surface area contributed by atoms with Gasteiger partial charge in [0.05, 0.1) is 12.4 Å². The number of hydrogen-bond donors (Lipinski definition) is 0. The normalized spacial score (nSPS) is 10.7. The van der Waals surface area contributed by atoms with E-state index in [0.717, 1.165) is 31.7 Å². The molecule has 1 rings (SSSR count). The SMILES string of the molecule is C=CCCCCCOc1ccccc1[B-](F)(F)F.[K+]. The molecule has 0 aliphatic rings. The summed E-state index contributed by atoms with van der Waals surface area (Å²) in [5.74, 6) is -0.0614. The van der Waals surface area contributed by atoms with E-state index >= 15 is 0 Å². The number of para-hydroxylation sites is 1. The molecule has 0 N–H and O–H groups in total. The molecule has 0 aliphatic heterocycles. The molecular formula is C13H17BF3KO. The van der Waals surface area contributed by atoms with Crippen LogP contribution in [-0.4, -0.2) is 13.6 Å². The summed E-state index contributed by atoms with van der Waals surface area (Å²) < 4.78 is 43.3. The molecule has 0 aromatic heterocycles. The molecule has 0 saturated carbocycles. The second kappa shape index (κ2) is 10.0. The van der Waals surface area contributed by atoms with Crippen molar-refractivity contribution in [1.29, 1.82) is 0 Å². The third-order valence-electron chi connectivity index (χ3n) is 2.58. The first kappa shape index (κ1) is 19.3. The van der Waals surface area contributed by atoms with Crippen LogP contribution in [0.15, 0.2) is 36.9 Å². The first-order valence-corrected chi connectivity index (χ1v) is 6.08. The maximum absolute atomic E-state index is 12.7. The minimum Gasteiger partial charge on any atom is -0.497 e. The standard InChI is InChI=1S/C13H17BF3O.K/c1-2-3-4-5-8-11-18-13-10-7-6-9-12(13)14(15,16)17;/h2,6-7,9-10H,1,3-5,8,11H2;/q-1;+1. The van der Waals surface area contributed by atoms with Crippen molar-refractivity contribution in [2.24, 2.45) is 0 Å². The molecule has 0 spiro atoms. The van der Waals surface area contributed by atoms with Gasteiger partial charge in [0.25, 0.3) is 0 Å². The minimum absolute atomic E-state index is 0. The third kappa shape index (κ3) is 7.56. The van der Waals surface area contributed by atoms with Gasteiger partial charge < -0.3 is 17.7 Å². The van der Waals surface area contributed by atoms with Gasteiger partial charge in [-0.1, -0.05) is 29.7 Å². The maximum atomic E-state index is 12.7. The Bertz CT molecular complexity index is 382. The van der Waals surface area contributed by atoms with Crippen LogP contribution >= 0.6 is 0 Å². The second-order valence-electron chi connectivity index (χ2n) is 4.10. The molecule has 0 amide bonds. The molecule has 0 bridgehead atoms. The van der Waals surface area contributed by atoms with Gasteiger partial charge in [0.2, 0.25) is 0 Å². The van der Waals surface area contributed by atoms with Crippen molar-refractivity contribution in [2.45, 2.75) is 25.7 Å². The molecule has 0 heterocycles. The van der Waals surface area contributed by atoms with Gasteiger partial charge in [0, 0.05) is 0 Å². The molecule has 100 valence electrons. The second-order valence-corrected chi connectivity index (χ2v) is 4.10. The van der Waals surface area contributed by atoms with E-state index in [-0.39, 0.29) is 57.1 Å². The van der Waals surface area contributed by atoms with Crippen LogP contribution in [0, 0.1) is 0 Å². The number of halogens is 3. The fourth-order valence-electron chi connectivity index (χ4n) is 1.63. The Balaban J connectivity index is 0.00000324. The van der Waals surface area contributed by atoms with E-state index in [1.54, 1.807) is 6.07 Å². The molecule has 1 nitrogen and oxygen atoms in total. The molecule has 0 unspecified atom stereocenters. The van der Waals surface area contributed by atoms with Gasteiger partial charge in [0.1, 0.15) is 0 Å². The van der Waals surface area contributed by atoms with Crippen molar-refractivity contribution in [3.05, 3.63) is 36.9 Å². The van der Waals surface area contributed by atoms with Gasteiger partial charge in [-0.3, -0.25) is 0 Å². The summed E-state index contributed by atoms with van der Waals surface area (Å²) in [6.07, 6.45) is 5.46. The van der Waals surface area contributed by atoms with Crippen LogP contribution in [0.25, 0.3) is 0 Å². The molecule has 1 aromatic carbocycles. The number of benzene rings is 1. The molecule has 0 radical (unpaired) electrons. The van der Waals surface area contributed by atoms with E-state index in [1.807, 2.05) is 6.08 Å². The van der Waals surface area contributed by atoms with Gasteiger partial charge in [-0.05, 0) is 31.7 Å². The molecule has 6 heteroatoms. The predicted molar refractivity (Wildman–Crippen MR) is 69.3 cm³/mol. The molecule has 19 heavy (non-hydrogen) atoms. The number of ether oxygens (including phenoxy) is 1.